The van der Waals surface area contributed by atoms with E-state index in [1.807, 2.05) is 32.0 Å². The van der Waals surface area contributed by atoms with Crippen molar-refractivity contribution in [2.24, 2.45) is 0 Å². The number of rotatable bonds is 5. The average Bonchev–Trinajstić information content (AvgIpc) is 3.50. The molecule has 0 N–H and O–H groups in total. The molecule has 1 aliphatic rings. The third-order valence-electron chi connectivity index (χ3n) is 6.73. The second-order valence-corrected chi connectivity index (χ2v) is 8.79. The van der Waals surface area contributed by atoms with Gasteiger partial charge in [-0.3, -0.25) is 14.4 Å². The van der Waals surface area contributed by atoms with Crippen LogP contribution in [0.25, 0.3) is 10.8 Å². The molecule has 1 aliphatic heterocycles. The standard InChI is InChI=1S/C26H27N5O4/c1-18-21-15-27-31(26(34)24(21)19(2)30(18)16-20-7-4-3-5-8-20)17-23(32)28-10-12-29(13-11-28)25(33)22-9-6-14-35-22/h3-9,14-15H,10-13,16-17H2,1-2H3. The lowest BCUT2D eigenvalue weighted by Crippen LogP contribution is -2.51. The molecule has 180 valence electrons. The zero-order valence-electron chi connectivity index (χ0n) is 19.8. The van der Waals surface area contributed by atoms with E-state index in [0.29, 0.717) is 43.9 Å². The Hall–Kier alpha value is -4.14. The topological polar surface area (TPSA) is 93.6 Å². The number of amides is 2. The zero-order chi connectivity index (χ0) is 24.5. The molecule has 0 unspecified atom stereocenters. The maximum absolute atomic E-state index is 13.3. The van der Waals surface area contributed by atoms with Gasteiger partial charge in [-0.15, -0.1) is 0 Å². The fourth-order valence-electron chi connectivity index (χ4n) is 4.70. The Bertz CT molecular complexity index is 1430. The highest BCUT2D eigenvalue weighted by atomic mass is 16.3. The van der Waals surface area contributed by atoms with E-state index < -0.39 is 0 Å². The van der Waals surface area contributed by atoms with Crippen molar-refractivity contribution in [3.63, 3.8) is 0 Å². The molecule has 1 fully saturated rings. The van der Waals surface area contributed by atoms with Gasteiger partial charge in [0.2, 0.25) is 5.91 Å². The Balaban J connectivity index is 1.31. The molecule has 2 amide bonds. The van der Waals surface area contributed by atoms with Crippen molar-refractivity contribution < 1.29 is 14.0 Å². The summed E-state index contributed by atoms with van der Waals surface area (Å²) in [5, 5.41) is 5.70. The highest BCUT2D eigenvalue weighted by Gasteiger charge is 2.27. The van der Waals surface area contributed by atoms with Gasteiger partial charge in [-0.25, -0.2) is 4.68 Å². The number of aromatic nitrogens is 3. The summed E-state index contributed by atoms with van der Waals surface area (Å²) < 4.78 is 8.54. The normalized spacial score (nSPS) is 14.0. The van der Waals surface area contributed by atoms with Gasteiger partial charge in [-0.2, -0.15) is 5.10 Å². The largest absolute Gasteiger partial charge is 0.459 e. The number of aryl methyl sites for hydroxylation is 2. The van der Waals surface area contributed by atoms with Crippen LogP contribution in [0.4, 0.5) is 0 Å². The van der Waals surface area contributed by atoms with Crippen molar-refractivity contribution in [2.75, 3.05) is 26.2 Å². The van der Waals surface area contributed by atoms with Crippen molar-refractivity contribution in [1.82, 2.24) is 24.1 Å². The van der Waals surface area contributed by atoms with E-state index in [9.17, 15) is 14.4 Å². The first-order chi connectivity index (χ1) is 16.9. The van der Waals surface area contributed by atoms with Gasteiger partial charge in [0.25, 0.3) is 11.5 Å². The summed E-state index contributed by atoms with van der Waals surface area (Å²) in [6, 6.07) is 13.4. The molecule has 9 nitrogen and oxygen atoms in total. The Morgan fingerprint density at radius 2 is 1.66 bits per heavy atom. The zero-order valence-corrected chi connectivity index (χ0v) is 19.8. The average molecular weight is 474 g/mol. The Labute approximate surface area is 202 Å². The quantitative estimate of drug-likeness (QED) is 0.444. The van der Waals surface area contributed by atoms with Gasteiger partial charge in [0.15, 0.2) is 5.76 Å². The molecule has 0 aliphatic carbocycles. The van der Waals surface area contributed by atoms with Crippen molar-refractivity contribution in [1.29, 1.82) is 0 Å². The van der Waals surface area contributed by atoms with E-state index in [-0.39, 0.29) is 23.9 Å². The van der Waals surface area contributed by atoms with Gasteiger partial charge in [-0.1, -0.05) is 30.3 Å². The van der Waals surface area contributed by atoms with E-state index in [4.69, 9.17) is 4.42 Å². The van der Waals surface area contributed by atoms with Crippen molar-refractivity contribution in [3.8, 4) is 0 Å². The SMILES string of the molecule is Cc1c2cnn(CC(=O)N3CCN(C(=O)c4ccco4)CC3)c(=O)c2c(C)n1Cc1ccccc1. The highest BCUT2D eigenvalue weighted by Crippen LogP contribution is 2.23. The number of carbonyl (C=O) groups is 2. The molecule has 35 heavy (non-hydrogen) atoms. The third kappa shape index (κ3) is 4.25. The van der Waals surface area contributed by atoms with Crippen molar-refractivity contribution >= 4 is 22.6 Å². The number of furan rings is 1. The Morgan fingerprint density at radius 3 is 2.34 bits per heavy atom. The Kier molecular flexibility index (Phi) is 5.98. The molecule has 1 aromatic carbocycles. The smallest absolute Gasteiger partial charge is 0.289 e. The monoisotopic (exact) mass is 473 g/mol. The van der Waals surface area contributed by atoms with E-state index in [1.54, 1.807) is 28.1 Å². The fraction of sp³-hybridized carbons (Fsp3) is 0.308. The minimum absolute atomic E-state index is 0.136. The van der Waals surface area contributed by atoms with Crippen LogP contribution in [0.2, 0.25) is 0 Å². The molecular weight excluding hydrogens is 446 g/mol. The van der Waals surface area contributed by atoms with Crippen LogP contribution in [0, 0.1) is 13.8 Å². The molecule has 5 rings (SSSR count). The molecule has 9 heteroatoms. The molecule has 4 heterocycles. The van der Waals surface area contributed by atoms with Crippen molar-refractivity contribution in [2.45, 2.75) is 26.9 Å². The van der Waals surface area contributed by atoms with Gasteiger partial charge in [0.05, 0.1) is 17.8 Å². The molecule has 0 radical (unpaired) electrons. The first-order valence-electron chi connectivity index (χ1n) is 11.6. The molecule has 0 spiro atoms. The molecule has 0 saturated carbocycles. The first kappa shape index (κ1) is 22.6. The van der Waals surface area contributed by atoms with Crippen LogP contribution in [0.3, 0.4) is 0 Å². The lowest BCUT2D eigenvalue weighted by atomic mass is 10.2. The predicted octanol–water partition coefficient (Wildman–Crippen LogP) is 2.44. The predicted molar refractivity (Wildman–Crippen MR) is 130 cm³/mol. The molecule has 0 atom stereocenters. The number of hydrogen-bond donors (Lipinski definition) is 0. The molecule has 1 saturated heterocycles. The van der Waals surface area contributed by atoms with Gasteiger partial charge in [0, 0.05) is 49.5 Å². The summed E-state index contributed by atoms with van der Waals surface area (Å²) in [5.41, 5.74) is 2.71. The van der Waals surface area contributed by atoms with E-state index in [2.05, 4.69) is 21.8 Å². The van der Waals surface area contributed by atoms with Crippen LogP contribution >= 0.6 is 0 Å². The van der Waals surface area contributed by atoms with Gasteiger partial charge in [-0.05, 0) is 31.5 Å². The van der Waals surface area contributed by atoms with Crippen LogP contribution in [0.15, 0.2) is 64.1 Å². The van der Waals surface area contributed by atoms with Crippen LogP contribution in [0.1, 0.15) is 27.5 Å². The van der Waals surface area contributed by atoms with Crippen LogP contribution in [0.5, 0.6) is 0 Å². The minimum Gasteiger partial charge on any atom is -0.459 e. The number of nitrogens with zero attached hydrogens (tertiary/aromatic N) is 5. The number of fused-ring (bicyclic) bond motifs is 1. The van der Waals surface area contributed by atoms with Gasteiger partial charge >= 0.3 is 0 Å². The summed E-state index contributed by atoms with van der Waals surface area (Å²) in [6.07, 6.45) is 3.14. The molecule has 3 aromatic heterocycles. The summed E-state index contributed by atoms with van der Waals surface area (Å²) >= 11 is 0. The summed E-state index contributed by atoms with van der Waals surface area (Å²) in [5.74, 6) is -0.0860. The fourth-order valence-corrected chi connectivity index (χ4v) is 4.70. The number of carbonyl (C=O) groups excluding carboxylic acids is 2. The highest BCUT2D eigenvalue weighted by molar-refractivity contribution is 5.91. The summed E-state index contributed by atoms with van der Waals surface area (Å²) in [4.78, 5) is 42.1. The minimum atomic E-state index is -0.269. The summed E-state index contributed by atoms with van der Waals surface area (Å²) in [6.45, 7) is 6.05. The lowest BCUT2D eigenvalue weighted by Gasteiger charge is -2.34. The van der Waals surface area contributed by atoms with E-state index in [1.165, 1.54) is 10.9 Å². The van der Waals surface area contributed by atoms with E-state index >= 15 is 0 Å². The number of benzene rings is 1. The second-order valence-electron chi connectivity index (χ2n) is 8.79. The lowest BCUT2D eigenvalue weighted by molar-refractivity contribution is -0.133. The maximum Gasteiger partial charge on any atom is 0.289 e. The molecule has 4 aromatic rings. The Morgan fingerprint density at radius 1 is 0.943 bits per heavy atom. The van der Waals surface area contributed by atoms with Crippen molar-refractivity contribution in [3.05, 3.63) is 88.0 Å². The first-order valence-corrected chi connectivity index (χ1v) is 11.6. The van der Waals surface area contributed by atoms with Crippen LogP contribution in [-0.2, 0) is 17.9 Å². The second kappa shape index (κ2) is 9.25. The van der Waals surface area contributed by atoms with E-state index in [0.717, 1.165) is 22.3 Å². The third-order valence-corrected chi connectivity index (χ3v) is 6.73. The molecular formula is C26H27N5O4. The van der Waals surface area contributed by atoms with Crippen LogP contribution in [-0.4, -0.2) is 62.1 Å². The maximum atomic E-state index is 13.3. The summed E-state index contributed by atoms with van der Waals surface area (Å²) in [7, 11) is 0. The number of hydrogen-bond acceptors (Lipinski definition) is 5. The van der Waals surface area contributed by atoms with Gasteiger partial charge < -0.3 is 18.8 Å². The van der Waals surface area contributed by atoms with Gasteiger partial charge in [0.1, 0.15) is 6.54 Å². The van der Waals surface area contributed by atoms with Crippen LogP contribution < -0.4 is 5.56 Å². The number of piperazine rings is 1. The molecule has 0 bridgehead atoms.